The van der Waals surface area contributed by atoms with Gasteiger partial charge in [0.1, 0.15) is 17.7 Å². The van der Waals surface area contributed by atoms with Gasteiger partial charge in [-0.25, -0.2) is 13.6 Å². The number of carbonyl (C=O) groups is 2. The largest absolute Gasteiger partial charge is 0.467 e. The Morgan fingerprint density at radius 1 is 1.40 bits per heavy atom. The van der Waals surface area contributed by atoms with Gasteiger partial charge in [-0.05, 0) is 18.6 Å². The van der Waals surface area contributed by atoms with Gasteiger partial charge in [0.2, 0.25) is 5.91 Å². The van der Waals surface area contributed by atoms with Crippen LogP contribution in [0.15, 0.2) is 30.9 Å². The molecule has 1 atom stereocenters. The molecule has 1 aromatic carbocycles. The van der Waals surface area contributed by atoms with Crippen LogP contribution in [0.3, 0.4) is 0 Å². The molecule has 0 unspecified atom stereocenters. The average molecular weight is 283 g/mol. The summed E-state index contributed by atoms with van der Waals surface area (Å²) in [6.07, 6.45) is 1.10. The van der Waals surface area contributed by atoms with Crippen molar-refractivity contribution >= 4 is 11.9 Å². The van der Waals surface area contributed by atoms with Gasteiger partial charge in [0.25, 0.3) is 0 Å². The van der Waals surface area contributed by atoms with E-state index in [-0.39, 0.29) is 12.0 Å². The highest BCUT2D eigenvalue weighted by molar-refractivity contribution is 5.85. The summed E-state index contributed by atoms with van der Waals surface area (Å²) < 4.78 is 31.3. The normalized spacial score (nSPS) is 11.6. The second-order valence-corrected chi connectivity index (χ2v) is 4.04. The van der Waals surface area contributed by atoms with Crippen molar-refractivity contribution in [3.8, 4) is 0 Å². The van der Waals surface area contributed by atoms with E-state index in [0.29, 0.717) is 0 Å². The van der Waals surface area contributed by atoms with Crippen molar-refractivity contribution in [1.29, 1.82) is 0 Å². The Hall–Kier alpha value is -2.24. The molecule has 1 rings (SSSR count). The molecule has 0 fully saturated rings. The maximum atomic E-state index is 13.4. The second kappa shape index (κ2) is 7.37. The van der Waals surface area contributed by atoms with Gasteiger partial charge < -0.3 is 10.1 Å². The number of methoxy groups -OCH3 is 1. The molecule has 6 heteroatoms. The number of hydrogen-bond donors (Lipinski definition) is 1. The van der Waals surface area contributed by atoms with E-state index in [1.54, 1.807) is 0 Å². The fourth-order valence-corrected chi connectivity index (χ4v) is 1.63. The van der Waals surface area contributed by atoms with E-state index in [0.717, 1.165) is 12.1 Å². The summed E-state index contributed by atoms with van der Waals surface area (Å²) >= 11 is 0. The third kappa shape index (κ3) is 4.15. The van der Waals surface area contributed by atoms with E-state index in [9.17, 15) is 18.4 Å². The summed E-state index contributed by atoms with van der Waals surface area (Å²) in [6, 6.07) is 2.42. The van der Waals surface area contributed by atoms with Crippen LogP contribution in [-0.2, 0) is 20.7 Å². The molecular formula is C14H15F2NO3. The molecule has 1 N–H and O–H groups in total. The van der Waals surface area contributed by atoms with Crippen LogP contribution < -0.4 is 5.32 Å². The van der Waals surface area contributed by atoms with Gasteiger partial charge in [0, 0.05) is 5.56 Å². The lowest BCUT2D eigenvalue weighted by molar-refractivity contribution is -0.144. The second-order valence-electron chi connectivity index (χ2n) is 4.04. The fourth-order valence-electron chi connectivity index (χ4n) is 1.63. The van der Waals surface area contributed by atoms with E-state index in [2.05, 4.69) is 16.6 Å². The van der Waals surface area contributed by atoms with Crippen LogP contribution in [0.5, 0.6) is 0 Å². The molecule has 0 aliphatic rings. The van der Waals surface area contributed by atoms with Gasteiger partial charge in [-0.15, -0.1) is 6.58 Å². The highest BCUT2D eigenvalue weighted by Crippen LogP contribution is 2.12. The topological polar surface area (TPSA) is 55.4 Å². The molecule has 1 aromatic rings. The first-order valence-corrected chi connectivity index (χ1v) is 5.90. The number of nitrogens with one attached hydrogen (secondary N) is 1. The van der Waals surface area contributed by atoms with Crippen molar-refractivity contribution in [2.45, 2.75) is 18.9 Å². The first-order valence-electron chi connectivity index (χ1n) is 5.90. The summed E-state index contributed by atoms with van der Waals surface area (Å²) in [6.45, 7) is 3.46. The molecule has 0 aliphatic heterocycles. The Balaban J connectivity index is 2.75. The van der Waals surface area contributed by atoms with Gasteiger partial charge in [-0.1, -0.05) is 12.1 Å². The lowest BCUT2D eigenvalue weighted by Gasteiger charge is -2.15. The van der Waals surface area contributed by atoms with E-state index in [1.807, 2.05) is 0 Å². The molecule has 0 saturated carbocycles. The molecular weight excluding hydrogens is 268 g/mol. The molecule has 0 aliphatic carbocycles. The van der Waals surface area contributed by atoms with Crippen LogP contribution in [0.25, 0.3) is 0 Å². The molecule has 1 amide bonds. The molecule has 0 heterocycles. The summed E-state index contributed by atoms with van der Waals surface area (Å²) in [4.78, 5) is 23.1. The van der Waals surface area contributed by atoms with Gasteiger partial charge in [0.15, 0.2) is 0 Å². The van der Waals surface area contributed by atoms with Gasteiger partial charge in [0.05, 0.1) is 13.5 Å². The molecule has 108 valence electrons. The number of benzene rings is 1. The summed E-state index contributed by atoms with van der Waals surface area (Å²) in [7, 11) is 1.18. The molecule has 0 saturated heterocycles. The number of hydrogen-bond acceptors (Lipinski definition) is 3. The van der Waals surface area contributed by atoms with Crippen molar-refractivity contribution in [3.05, 3.63) is 48.1 Å². The third-order valence-electron chi connectivity index (χ3n) is 2.62. The summed E-state index contributed by atoms with van der Waals surface area (Å²) in [5.41, 5.74) is -0.341. The smallest absolute Gasteiger partial charge is 0.328 e. The zero-order valence-electron chi connectivity index (χ0n) is 11.0. The zero-order valence-corrected chi connectivity index (χ0v) is 11.0. The SMILES string of the molecule is C=CC[C@@H](NC(=O)Cc1c(F)cccc1F)C(=O)OC. The average Bonchev–Trinajstić information content (AvgIpc) is 2.41. The molecule has 4 nitrogen and oxygen atoms in total. The molecule has 0 bridgehead atoms. The van der Waals surface area contributed by atoms with Crippen LogP contribution in [0.1, 0.15) is 12.0 Å². The van der Waals surface area contributed by atoms with Gasteiger partial charge in [-0.3, -0.25) is 4.79 Å². The van der Waals surface area contributed by atoms with E-state index < -0.39 is 36.0 Å². The highest BCUT2D eigenvalue weighted by atomic mass is 19.1. The Kier molecular flexibility index (Phi) is 5.83. The lowest BCUT2D eigenvalue weighted by Crippen LogP contribution is -2.42. The molecule has 0 radical (unpaired) electrons. The van der Waals surface area contributed by atoms with Crippen LogP contribution in [0.4, 0.5) is 8.78 Å². The van der Waals surface area contributed by atoms with Crippen molar-refractivity contribution in [1.82, 2.24) is 5.32 Å². The monoisotopic (exact) mass is 283 g/mol. The lowest BCUT2D eigenvalue weighted by atomic mass is 10.1. The standard InChI is InChI=1S/C14H15F2NO3/c1-3-5-12(14(19)20-2)17-13(18)8-9-10(15)6-4-7-11(9)16/h3-4,6-7,12H,1,5,8H2,2H3,(H,17,18)/t12-/m1/s1. The summed E-state index contributed by atoms with van der Waals surface area (Å²) in [5, 5.41) is 2.35. The quantitative estimate of drug-likeness (QED) is 0.639. The van der Waals surface area contributed by atoms with Crippen LogP contribution in [-0.4, -0.2) is 25.0 Å². The van der Waals surface area contributed by atoms with Gasteiger partial charge in [-0.2, -0.15) is 0 Å². The van der Waals surface area contributed by atoms with E-state index in [1.165, 1.54) is 19.3 Å². The third-order valence-corrected chi connectivity index (χ3v) is 2.62. The zero-order chi connectivity index (χ0) is 15.1. The number of amides is 1. The van der Waals surface area contributed by atoms with Gasteiger partial charge >= 0.3 is 5.97 Å². The minimum atomic E-state index is -0.917. The Morgan fingerprint density at radius 3 is 2.50 bits per heavy atom. The van der Waals surface area contributed by atoms with Crippen LogP contribution in [0.2, 0.25) is 0 Å². The Bertz CT molecular complexity index is 497. The highest BCUT2D eigenvalue weighted by Gasteiger charge is 2.21. The van der Waals surface area contributed by atoms with Crippen LogP contribution >= 0.6 is 0 Å². The number of rotatable bonds is 6. The van der Waals surface area contributed by atoms with Crippen molar-refractivity contribution in [2.75, 3.05) is 7.11 Å². The predicted molar refractivity (Wildman–Crippen MR) is 68.8 cm³/mol. The molecule has 20 heavy (non-hydrogen) atoms. The molecule has 0 aromatic heterocycles. The van der Waals surface area contributed by atoms with Crippen LogP contribution in [0, 0.1) is 11.6 Å². The van der Waals surface area contributed by atoms with Crippen molar-refractivity contribution in [3.63, 3.8) is 0 Å². The predicted octanol–water partition coefficient (Wildman–Crippen LogP) is 1.74. The first kappa shape index (κ1) is 15.8. The minimum absolute atomic E-state index is 0.165. The Labute approximate surface area is 115 Å². The number of ether oxygens (including phenoxy) is 1. The maximum absolute atomic E-state index is 13.4. The van der Waals surface area contributed by atoms with Crippen molar-refractivity contribution < 1.29 is 23.1 Å². The Morgan fingerprint density at radius 2 is 2.00 bits per heavy atom. The first-order chi connectivity index (χ1) is 9.49. The molecule has 0 spiro atoms. The summed E-state index contributed by atoms with van der Waals surface area (Å²) in [5.74, 6) is -2.93. The van der Waals surface area contributed by atoms with E-state index in [4.69, 9.17) is 0 Å². The fraction of sp³-hybridized carbons (Fsp3) is 0.286. The van der Waals surface area contributed by atoms with E-state index >= 15 is 0 Å². The van der Waals surface area contributed by atoms with Crippen molar-refractivity contribution in [2.24, 2.45) is 0 Å². The number of esters is 1. The number of carbonyl (C=O) groups excluding carboxylic acids is 2. The number of halogens is 2. The maximum Gasteiger partial charge on any atom is 0.328 e. The minimum Gasteiger partial charge on any atom is -0.467 e.